The summed E-state index contributed by atoms with van der Waals surface area (Å²) < 4.78 is 41.9. The maximum atomic E-state index is 13.6. The number of hydrogen-bond acceptors (Lipinski definition) is 3. The van der Waals surface area contributed by atoms with Crippen molar-refractivity contribution in [3.63, 3.8) is 0 Å². The number of rotatable bonds is 4. The van der Waals surface area contributed by atoms with Gasteiger partial charge in [-0.1, -0.05) is 6.07 Å². The largest absolute Gasteiger partial charge is 0.432 e. The summed E-state index contributed by atoms with van der Waals surface area (Å²) in [5.41, 5.74) is 0.755. The first-order chi connectivity index (χ1) is 9.45. The lowest BCUT2D eigenvalue weighted by Crippen LogP contribution is -2.53. The molecule has 0 aliphatic carbocycles. The predicted octanol–water partition coefficient (Wildman–Crippen LogP) is 3.03. The van der Waals surface area contributed by atoms with Gasteiger partial charge >= 0.3 is 6.61 Å². The predicted molar refractivity (Wildman–Crippen MR) is 77.6 cm³/mol. The summed E-state index contributed by atoms with van der Waals surface area (Å²) >= 11 is 0. The number of nitrogens with one attached hydrogen (secondary N) is 1. The molecule has 3 nitrogen and oxygen atoms in total. The monoisotopic (exact) mass is 324 g/mol. The van der Waals surface area contributed by atoms with E-state index in [-0.39, 0.29) is 12.4 Å². The van der Waals surface area contributed by atoms with Crippen LogP contribution in [0, 0.1) is 5.82 Å². The summed E-state index contributed by atoms with van der Waals surface area (Å²) in [7, 11) is 0. The standard InChI is InChI=1S/C14H19F3N2O.ClH/c1-9-7-19(10(2)6-18-9)8-11-3-4-13(12(15)5-11)20-14(16)17;/h3-5,9-10,14,18H,6-8H2,1-2H3;1H. The molecule has 1 aliphatic rings. The molecule has 1 aromatic rings. The van der Waals surface area contributed by atoms with E-state index in [0.29, 0.717) is 18.6 Å². The minimum Gasteiger partial charge on any atom is -0.432 e. The Hall–Kier alpha value is -0.980. The zero-order valence-corrected chi connectivity index (χ0v) is 12.8. The van der Waals surface area contributed by atoms with Gasteiger partial charge < -0.3 is 10.1 Å². The highest BCUT2D eigenvalue weighted by Crippen LogP contribution is 2.22. The van der Waals surface area contributed by atoms with Crippen LogP contribution in [0.15, 0.2) is 18.2 Å². The molecule has 1 aliphatic heterocycles. The van der Waals surface area contributed by atoms with Gasteiger partial charge in [0.2, 0.25) is 0 Å². The molecule has 2 unspecified atom stereocenters. The Kier molecular flexibility index (Phi) is 6.77. The fraction of sp³-hybridized carbons (Fsp3) is 0.571. The van der Waals surface area contributed by atoms with Crippen molar-refractivity contribution < 1.29 is 17.9 Å². The quantitative estimate of drug-likeness (QED) is 0.921. The number of benzene rings is 1. The Labute approximate surface area is 128 Å². The van der Waals surface area contributed by atoms with Crippen LogP contribution < -0.4 is 10.1 Å². The molecule has 1 heterocycles. The van der Waals surface area contributed by atoms with Crippen LogP contribution in [-0.2, 0) is 6.54 Å². The van der Waals surface area contributed by atoms with Gasteiger partial charge in [0.25, 0.3) is 0 Å². The van der Waals surface area contributed by atoms with Crippen molar-refractivity contribution >= 4 is 12.4 Å². The first-order valence-corrected chi connectivity index (χ1v) is 6.66. The Morgan fingerprint density at radius 1 is 1.38 bits per heavy atom. The molecule has 0 bridgehead atoms. The Morgan fingerprint density at radius 3 is 2.71 bits per heavy atom. The van der Waals surface area contributed by atoms with Crippen LogP contribution in [0.4, 0.5) is 13.2 Å². The number of nitrogens with zero attached hydrogens (tertiary/aromatic N) is 1. The third-order valence-electron chi connectivity index (χ3n) is 3.49. The van der Waals surface area contributed by atoms with Crippen LogP contribution in [0.3, 0.4) is 0 Å². The van der Waals surface area contributed by atoms with E-state index in [0.717, 1.165) is 18.7 Å². The summed E-state index contributed by atoms with van der Waals surface area (Å²) in [5.74, 6) is -1.16. The van der Waals surface area contributed by atoms with Crippen LogP contribution in [0.1, 0.15) is 19.4 Å². The van der Waals surface area contributed by atoms with E-state index in [9.17, 15) is 13.2 Å². The van der Waals surface area contributed by atoms with Crippen molar-refractivity contribution in [2.45, 2.75) is 39.1 Å². The molecule has 0 radical (unpaired) electrons. The molecule has 2 atom stereocenters. The van der Waals surface area contributed by atoms with E-state index < -0.39 is 18.2 Å². The Bertz CT molecular complexity index is 462. The first-order valence-electron chi connectivity index (χ1n) is 6.66. The molecule has 1 aromatic carbocycles. The normalized spacial score (nSPS) is 23.0. The fourth-order valence-corrected chi connectivity index (χ4v) is 2.39. The highest BCUT2D eigenvalue weighted by Gasteiger charge is 2.22. The minimum atomic E-state index is -3.01. The molecule has 1 fully saturated rings. The van der Waals surface area contributed by atoms with Crippen LogP contribution in [0.25, 0.3) is 0 Å². The molecule has 2 rings (SSSR count). The molecule has 7 heteroatoms. The van der Waals surface area contributed by atoms with Crippen molar-refractivity contribution in [2.24, 2.45) is 0 Å². The number of halogens is 4. The fourth-order valence-electron chi connectivity index (χ4n) is 2.39. The van der Waals surface area contributed by atoms with Crippen molar-refractivity contribution in [3.8, 4) is 5.75 Å². The number of ether oxygens (including phenoxy) is 1. The lowest BCUT2D eigenvalue weighted by atomic mass is 10.1. The van der Waals surface area contributed by atoms with Crippen LogP contribution >= 0.6 is 12.4 Å². The van der Waals surface area contributed by atoms with Gasteiger partial charge in [-0.2, -0.15) is 8.78 Å². The van der Waals surface area contributed by atoms with Gasteiger partial charge in [-0.3, -0.25) is 4.90 Å². The van der Waals surface area contributed by atoms with Crippen LogP contribution in [0.2, 0.25) is 0 Å². The van der Waals surface area contributed by atoms with Crippen molar-refractivity contribution in [3.05, 3.63) is 29.6 Å². The molecule has 120 valence electrons. The number of alkyl halides is 2. The Morgan fingerprint density at radius 2 is 2.10 bits per heavy atom. The lowest BCUT2D eigenvalue weighted by molar-refractivity contribution is -0.0522. The third-order valence-corrected chi connectivity index (χ3v) is 3.49. The molecule has 1 N–H and O–H groups in total. The van der Waals surface area contributed by atoms with E-state index in [2.05, 4.69) is 28.8 Å². The maximum Gasteiger partial charge on any atom is 0.387 e. The molecule has 0 saturated carbocycles. The molecule has 0 aromatic heterocycles. The van der Waals surface area contributed by atoms with E-state index in [1.54, 1.807) is 6.07 Å². The second-order valence-electron chi connectivity index (χ2n) is 5.23. The average Bonchev–Trinajstić information content (AvgIpc) is 2.37. The van der Waals surface area contributed by atoms with Gasteiger partial charge in [-0.05, 0) is 31.5 Å². The number of piperazine rings is 1. The highest BCUT2D eigenvalue weighted by atomic mass is 35.5. The first kappa shape index (κ1) is 18.1. The molecule has 0 amide bonds. The molecule has 0 spiro atoms. The van der Waals surface area contributed by atoms with Crippen LogP contribution in [-0.4, -0.2) is 36.7 Å². The second-order valence-corrected chi connectivity index (χ2v) is 5.23. The van der Waals surface area contributed by atoms with Gasteiger partial charge in [0.05, 0.1) is 0 Å². The van der Waals surface area contributed by atoms with Gasteiger partial charge in [-0.15, -0.1) is 12.4 Å². The smallest absolute Gasteiger partial charge is 0.387 e. The molecule has 21 heavy (non-hydrogen) atoms. The Balaban J connectivity index is 0.00000220. The summed E-state index contributed by atoms with van der Waals surface area (Å²) in [6.45, 7) is 3.54. The highest BCUT2D eigenvalue weighted by molar-refractivity contribution is 5.85. The van der Waals surface area contributed by atoms with Gasteiger partial charge in [0.1, 0.15) is 0 Å². The maximum absolute atomic E-state index is 13.6. The van der Waals surface area contributed by atoms with Crippen LogP contribution in [0.5, 0.6) is 5.75 Å². The summed E-state index contributed by atoms with van der Waals surface area (Å²) in [6.07, 6.45) is 0. The van der Waals surface area contributed by atoms with E-state index in [4.69, 9.17) is 0 Å². The summed E-state index contributed by atoms with van der Waals surface area (Å²) in [5, 5.41) is 3.37. The topological polar surface area (TPSA) is 24.5 Å². The van der Waals surface area contributed by atoms with E-state index >= 15 is 0 Å². The van der Waals surface area contributed by atoms with Gasteiger partial charge in [-0.25, -0.2) is 4.39 Å². The van der Waals surface area contributed by atoms with E-state index in [1.165, 1.54) is 12.1 Å². The van der Waals surface area contributed by atoms with Gasteiger partial charge in [0.15, 0.2) is 11.6 Å². The molecule has 1 saturated heterocycles. The summed E-state index contributed by atoms with van der Waals surface area (Å²) in [4.78, 5) is 2.24. The van der Waals surface area contributed by atoms with Crippen molar-refractivity contribution in [2.75, 3.05) is 13.1 Å². The SMILES string of the molecule is CC1CN(Cc2ccc(OC(F)F)c(F)c2)C(C)CN1.Cl. The zero-order valence-electron chi connectivity index (χ0n) is 12.0. The van der Waals surface area contributed by atoms with Gasteiger partial charge in [0, 0.05) is 31.7 Å². The van der Waals surface area contributed by atoms with E-state index in [1.807, 2.05) is 0 Å². The molecular weight excluding hydrogens is 305 g/mol. The van der Waals surface area contributed by atoms with Crippen molar-refractivity contribution in [1.82, 2.24) is 10.2 Å². The second kappa shape index (κ2) is 7.87. The molecular formula is C14H20ClF3N2O. The lowest BCUT2D eigenvalue weighted by Gasteiger charge is -2.37. The number of hydrogen-bond donors (Lipinski definition) is 1. The average molecular weight is 325 g/mol. The summed E-state index contributed by atoms with van der Waals surface area (Å²) in [6, 6.07) is 4.88. The zero-order chi connectivity index (χ0) is 14.7. The minimum absolute atomic E-state index is 0. The third kappa shape index (κ3) is 5.05. The van der Waals surface area contributed by atoms with Crippen molar-refractivity contribution in [1.29, 1.82) is 0 Å².